The second kappa shape index (κ2) is 7.09. The predicted octanol–water partition coefficient (Wildman–Crippen LogP) is 2.69. The molecule has 2 aromatic rings. The molecule has 0 aliphatic carbocycles. The van der Waals surface area contributed by atoms with Gasteiger partial charge in [-0.1, -0.05) is 17.3 Å². The number of aryl methyl sites for hydroxylation is 2. The third-order valence-corrected chi connectivity index (χ3v) is 4.67. The molecule has 0 bridgehead atoms. The lowest BCUT2D eigenvalue weighted by molar-refractivity contribution is -0.128. The molecule has 1 aliphatic heterocycles. The molecule has 132 valence electrons. The summed E-state index contributed by atoms with van der Waals surface area (Å²) >= 11 is 0. The predicted molar refractivity (Wildman–Crippen MR) is 92.9 cm³/mol. The molecule has 1 saturated heterocycles. The van der Waals surface area contributed by atoms with E-state index in [-0.39, 0.29) is 11.8 Å². The van der Waals surface area contributed by atoms with Gasteiger partial charge in [0.2, 0.25) is 5.91 Å². The molecule has 0 atom stereocenters. The molecule has 25 heavy (non-hydrogen) atoms. The van der Waals surface area contributed by atoms with Gasteiger partial charge >= 0.3 is 0 Å². The van der Waals surface area contributed by atoms with Crippen LogP contribution in [0.15, 0.2) is 28.8 Å². The number of hydrogen-bond acceptors (Lipinski definition) is 4. The number of aromatic nitrogens is 1. The molecule has 6 nitrogen and oxygen atoms in total. The maximum atomic E-state index is 12.6. The Hall–Kier alpha value is -2.63. The van der Waals surface area contributed by atoms with Crippen LogP contribution in [0, 0.1) is 13.8 Å². The molecule has 1 aromatic carbocycles. The van der Waals surface area contributed by atoms with Crippen LogP contribution in [0.1, 0.15) is 45.8 Å². The zero-order chi connectivity index (χ0) is 18.0. The molecule has 0 unspecified atom stereocenters. The molecule has 0 spiro atoms. The van der Waals surface area contributed by atoms with E-state index in [0.717, 1.165) is 35.5 Å². The summed E-state index contributed by atoms with van der Waals surface area (Å²) in [5.74, 6) is 0.894. The monoisotopic (exact) mass is 341 g/mol. The van der Waals surface area contributed by atoms with Crippen molar-refractivity contribution in [1.29, 1.82) is 0 Å². The molecule has 2 amide bonds. The van der Waals surface area contributed by atoms with Gasteiger partial charge in [-0.3, -0.25) is 9.59 Å². The standard InChI is InChI=1S/C19H23N3O3/c1-13-17(14(2)25-20-13)12-21(3)19(24)16-8-6-15(7-9-16)11-22-10-4-5-18(22)23/h6-9H,4-5,10-12H2,1-3H3. The van der Waals surface area contributed by atoms with Crippen LogP contribution in [0.3, 0.4) is 0 Å². The van der Waals surface area contributed by atoms with Crippen LogP contribution in [-0.4, -0.2) is 40.4 Å². The van der Waals surface area contributed by atoms with Crippen molar-refractivity contribution in [2.45, 2.75) is 39.8 Å². The minimum atomic E-state index is -0.0520. The van der Waals surface area contributed by atoms with Crippen molar-refractivity contribution in [2.24, 2.45) is 0 Å². The Balaban J connectivity index is 1.64. The average molecular weight is 341 g/mol. The highest BCUT2D eigenvalue weighted by molar-refractivity contribution is 5.94. The number of hydrogen-bond donors (Lipinski definition) is 0. The average Bonchev–Trinajstić information content (AvgIpc) is 3.15. The third kappa shape index (κ3) is 3.73. The first kappa shape index (κ1) is 17.2. The lowest BCUT2D eigenvalue weighted by Crippen LogP contribution is -2.27. The van der Waals surface area contributed by atoms with E-state index in [1.54, 1.807) is 11.9 Å². The van der Waals surface area contributed by atoms with Gasteiger partial charge in [-0.25, -0.2) is 0 Å². The summed E-state index contributed by atoms with van der Waals surface area (Å²) < 4.78 is 5.15. The lowest BCUT2D eigenvalue weighted by Gasteiger charge is -2.18. The van der Waals surface area contributed by atoms with E-state index in [1.807, 2.05) is 43.0 Å². The zero-order valence-corrected chi connectivity index (χ0v) is 14.9. The van der Waals surface area contributed by atoms with Gasteiger partial charge in [0.15, 0.2) is 0 Å². The highest BCUT2D eigenvalue weighted by Gasteiger charge is 2.20. The van der Waals surface area contributed by atoms with Gasteiger partial charge < -0.3 is 14.3 Å². The minimum absolute atomic E-state index is 0.0520. The Morgan fingerprint density at radius 1 is 1.28 bits per heavy atom. The van der Waals surface area contributed by atoms with Gasteiger partial charge in [-0.15, -0.1) is 0 Å². The van der Waals surface area contributed by atoms with E-state index in [0.29, 0.717) is 25.1 Å². The van der Waals surface area contributed by atoms with Crippen molar-refractivity contribution >= 4 is 11.8 Å². The van der Waals surface area contributed by atoms with Gasteiger partial charge in [-0.05, 0) is 38.0 Å². The van der Waals surface area contributed by atoms with Crippen molar-refractivity contribution < 1.29 is 14.1 Å². The quantitative estimate of drug-likeness (QED) is 0.838. The maximum absolute atomic E-state index is 12.6. The van der Waals surface area contributed by atoms with Crippen LogP contribution < -0.4 is 0 Å². The number of rotatable bonds is 5. The number of carbonyl (C=O) groups is 2. The molecule has 1 fully saturated rings. The van der Waals surface area contributed by atoms with Crippen LogP contribution in [0.2, 0.25) is 0 Å². The molecule has 0 saturated carbocycles. The molecule has 0 N–H and O–H groups in total. The number of amides is 2. The summed E-state index contributed by atoms with van der Waals surface area (Å²) in [6.45, 7) is 5.62. The van der Waals surface area contributed by atoms with Crippen molar-refractivity contribution in [2.75, 3.05) is 13.6 Å². The third-order valence-electron chi connectivity index (χ3n) is 4.67. The summed E-state index contributed by atoms with van der Waals surface area (Å²) in [7, 11) is 1.77. The Labute approximate surface area is 147 Å². The molecular formula is C19H23N3O3. The molecule has 2 heterocycles. The first-order valence-electron chi connectivity index (χ1n) is 8.49. The molecule has 1 aliphatic rings. The van der Waals surface area contributed by atoms with Crippen LogP contribution in [0.5, 0.6) is 0 Å². The summed E-state index contributed by atoms with van der Waals surface area (Å²) in [5.41, 5.74) is 3.42. The van der Waals surface area contributed by atoms with E-state index < -0.39 is 0 Å². The topological polar surface area (TPSA) is 66.7 Å². The second-order valence-electron chi connectivity index (χ2n) is 6.58. The normalized spacial score (nSPS) is 14.2. The second-order valence-corrected chi connectivity index (χ2v) is 6.58. The van der Waals surface area contributed by atoms with Crippen molar-refractivity contribution in [3.63, 3.8) is 0 Å². The Kier molecular flexibility index (Phi) is 4.88. The SMILES string of the molecule is Cc1noc(C)c1CN(C)C(=O)c1ccc(CN2CCCC2=O)cc1. The molecule has 6 heteroatoms. The number of likely N-dealkylation sites (tertiary alicyclic amines) is 1. The molecule has 0 radical (unpaired) electrons. The molecular weight excluding hydrogens is 318 g/mol. The van der Waals surface area contributed by atoms with Crippen molar-refractivity contribution in [1.82, 2.24) is 15.0 Å². The van der Waals surface area contributed by atoms with Crippen molar-refractivity contribution in [3.05, 3.63) is 52.4 Å². The van der Waals surface area contributed by atoms with Crippen LogP contribution >= 0.6 is 0 Å². The molecule has 1 aromatic heterocycles. The number of carbonyl (C=O) groups excluding carboxylic acids is 2. The first-order chi connectivity index (χ1) is 12.0. The fourth-order valence-corrected chi connectivity index (χ4v) is 3.10. The highest BCUT2D eigenvalue weighted by atomic mass is 16.5. The zero-order valence-electron chi connectivity index (χ0n) is 14.9. The maximum Gasteiger partial charge on any atom is 0.253 e. The van der Waals surface area contributed by atoms with E-state index >= 15 is 0 Å². The van der Waals surface area contributed by atoms with Gasteiger partial charge in [0.25, 0.3) is 5.91 Å². The molecule has 3 rings (SSSR count). The highest BCUT2D eigenvalue weighted by Crippen LogP contribution is 2.17. The fraction of sp³-hybridized carbons (Fsp3) is 0.421. The van der Waals surface area contributed by atoms with Gasteiger partial charge in [0.05, 0.1) is 12.2 Å². The first-order valence-corrected chi connectivity index (χ1v) is 8.49. The van der Waals surface area contributed by atoms with E-state index in [1.165, 1.54) is 0 Å². The summed E-state index contributed by atoms with van der Waals surface area (Å²) in [4.78, 5) is 27.8. The number of benzene rings is 1. The fourth-order valence-electron chi connectivity index (χ4n) is 3.10. The summed E-state index contributed by atoms with van der Waals surface area (Å²) in [5, 5.41) is 3.92. The Morgan fingerprint density at radius 3 is 2.56 bits per heavy atom. The summed E-state index contributed by atoms with van der Waals surface area (Å²) in [6, 6.07) is 7.48. The smallest absolute Gasteiger partial charge is 0.253 e. The lowest BCUT2D eigenvalue weighted by atomic mass is 10.1. The van der Waals surface area contributed by atoms with Gasteiger partial charge in [0.1, 0.15) is 5.76 Å². The van der Waals surface area contributed by atoms with E-state index in [4.69, 9.17) is 4.52 Å². The van der Waals surface area contributed by atoms with E-state index in [2.05, 4.69) is 5.16 Å². The van der Waals surface area contributed by atoms with Crippen LogP contribution in [-0.2, 0) is 17.9 Å². The van der Waals surface area contributed by atoms with Crippen LogP contribution in [0.25, 0.3) is 0 Å². The van der Waals surface area contributed by atoms with E-state index in [9.17, 15) is 9.59 Å². The van der Waals surface area contributed by atoms with Gasteiger partial charge in [-0.2, -0.15) is 0 Å². The minimum Gasteiger partial charge on any atom is -0.361 e. The van der Waals surface area contributed by atoms with Crippen molar-refractivity contribution in [3.8, 4) is 0 Å². The summed E-state index contributed by atoms with van der Waals surface area (Å²) in [6.07, 6.45) is 1.57. The Bertz CT molecular complexity index is 760. The number of nitrogens with zero attached hydrogens (tertiary/aromatic N) is 3. The Morgan fingerprint density at radius 2 is 2.00 bits per heavy atom. The van der Waals surface area contributed by atoms with Gasteiger partial charge in [0, 0.05) is 37.7 Å². The largest absolute Gasteiger partial charge is 0.361 e. The van der Waals surface area contributed by atoms with Crippen LogP contribution in [0.4, 0.5) is 0 Å².